The molecule has 134 valence electrons. The average molecular weight is 351 g/mol. The minimum atomic E-state index is -0.483. The number of carbonyl (C=O) groups is 1. The fourth-order valence-corrected chi connectivity index (χ4v) is 2.38. The van der Waals surface area contributed by atoms with Gasteiger partial charge in [-0.3, -0.25) is 4.79 Å². The minimum absolute atomic E-state index is 0.0357. The van der Waals surface area contributed by atoms with Crippen molar-refractivity contribution in [3.8, 4) is 6.07 Å². The number of anilines is 1. The van der Waals surface area contributed by atoms with Crippen molar-refractivity contribution in [2.75, 3.05) is 11.9 Å². The molecular formula is C21H22FN3O. The molecule has 0 aliphatic heterocycles. The van der Waals surface area contributed by atoms with Crippen molar-refractivity contribution in [2.45, 2.75) is 26.2 Å². The zero-order valence-corrected chi connectivity index (χ0v) is 14.9. The summed E-state index contributed by atoms with van der Waals surface area (Å²) in [7, 11) is 0. The Morgan fingerprint density at radius 3 is 2.50 bits per heavy atom. The van der Waals surface area contributed by atoms with Crippen LogP contribution in [0.3, 0.4) is 0 Å². The van der Waals surface area contributed by atoms with E-state index in [-0.39, 0.29) is 11.4 Å². The summed E-state index contributed by atoms with van der Waals surface area (Å²) < 4.78 is 13.5. The van der Waals surface area contributed by atoms with Gasteiger partial charge in [0.1, 0.15) is 17.5 Å². The number of amides is 1. The quantitative estimate of drug-likeness (QED) is 0.448. The van der Waals surface area contributed by atoms with Crippen molar-refractivity contribution in [2.24, 2.45) is 0 Å². The number of nitrogens with one attached hydrogen (secondary N) is 2. The molecule has 0 saturated heterocycles. The van der Waals surface area contributed by atoms with Gasteiger partial charge in [0.2, 0.25) is 0 Å². The highest BCUT2D eigenvalue weighted by molar-refractivity contribution is 6.06. The summed E-state index contributed by atoms with van der Waals surface area (Å²) in [5, 5.41) is 14.8. The zero-order chi connectivity index (χ0) is 18.9. The maximum Gasteiger partial charge on any atom is 0.267 e. The highest BCUT2D eigenvalue weighted by Gasteiger charge is 2.09. The first kappa shape index (κ1) is 19.2. The number of nitrogens with zero attached hydrogens (tertiary/aromatic N) is 1. The lowest BCUT2D eigenvalue weighted by molar-refractivity contribution is -0.112. The van der Waals surface area contributed by atoms with Crippen LogP contribution in [0.15, 0.2) is 60.3 Å². The van der Waals surface area contributed by atoms with Crippen molar-refractivity contribution in [3.63, 3.8) is 0 Å². The normalized spacial score (nSPS) is 11.1. The Hall–Kier alpha value is -3.13. The second kappa shape index (κ2) is 9.38. The lowest BCUT2D eigenvalue weighted by Gasteiger charge is -2.08. The molecule has 0 spiro atoms. The van der Waals surface area contributed by atoms with Crippen LogP contribution in [0.4, 0.5) is 10.1 Å². The molecule has 0 radical (unpaired) electrons. The predicted octanol–water partition coefficient (Wildman–Crippen LogP) is 4.13. The van der Waals surface area contributed by atoms with Gasteiger partial charge in [-0.25, -0.2) is 4.39 Å². The summed E-state index contributed by atoms with van der Waals surface area (Å²) in [5.74, 6) is -0.336. The largest absolute Gasteiger partial charge is 0.389 e. The van der Waals surface area contributed by atoms with E-state index in [2.05, 4.69) is 24.5 Å². The molecule has 2 N–H and O–H groups in total. The average Bonchev–Trinajstić information content (AvgIpc) is 2.63. The van der Waals surface area contributed by atoms with E-state index in [1.165, 1.54) is 17.8 Å². The van der Waals surface area contributed by atoms with Crippen LogP contribution in [0.2, 0.25) is 0 Å². The zero-order valence-electron chi connectivity index (χ0n) is 14.9. The molecule has 2 rings (SSSR count). The molecule has 2 aromatic rings. The minimum Gasteiger partial charge on any atom is -0.389 e. The van der Waals surface area contributed by atoms with Crippen LogP contribution in [-0.2, 0) is 11.2 Å². The van der Waals surface area contributed by atoms with Crippen LogP contribution in [0.1, 0.15) is 30.9 Å². The van der Waals surface area contributed by atoms with E-state index in [0.717, 1.165) is 0 Å². The number of halogens is 1. The fraction of sp³-hybridized carbons (Fsp3) is 0.238. The maximum absolute atomic E-state index is 13.5. The number of hydrogen-bond donors (Lipinski definition) is 2. The molecular weight excluding hydrogens is 329 g/mol. The highest BCUT2D eigenvalue weighted by Crippen LogP contribution is 2.17. The summed E-state index contributed by atoms with van der Waals surface area (Å²) >= 11 is 0. The molecule has 26 heavy (non-hydrogen) atoms. The number of carbonyl (C=O) groups excluding carboxylic acids is 1. The van der Waals surface area contributed by atoms with Gasteiger partial charge in [-0.05, 0) is 41.7 Å². The van der Waals surface area contributed by atoms with Gasteiger partial charge in [0.25, 0.3) is 5.91 Å². The smallest absolute Gasteiger partial charge is 0.267 e. The molecule has 4 nitrogen and oxygen atoms in total. The first-order chi connectivity index (χ1) is 12.5. The second-order valence-electron chi connectivity index (χ2n) is 6.20. The molecule has 5 heteroatoms. The van der Waals surface area contributed by atoms with Crippen LogP contribution >= 0.6 is 0 Å². The van der Waals surface area contributed by atoms with Crippen LogP contribution in [0.5, 0.6) is 0 Å². The number of hydrogen-bond acceptors (Lipinski definition) is 3. The van der Waals surface area contributed by atoms with E-state index >= 15 is 0 Å². The Morgan fingerprint density at radius 1 is 1.19 bits per heavy atom. The van der Waals surface area contributed by atoms with Gasteiger partial charge in [-0.15, -0.1) is 0 Å². The Kier molecular flexibility index (Phi) is 6.92. The van der Waals surface area contributed by atoms with Gasteiger partial charge in [-0.1, -0.05) is 44.2 Å². The molecule has 0 bridgehead atoms. The van der Waals surface area contributed by atoms with Crippen molar-refractivity contribution in [1.29, 1.82) is 5.26 Å². The molecule has 0 heterocycles. The third-order valence-corrected chi connectivity index (χ3v) is 3.94. The van der Waals surface area contributed by atoms with E-state index < -0.39 is 5.91 Å². The van der Waals surface area contributed by atoms with Gasteiger partial charge >= 0.3 is 0 Å². The Morgan fingerprint density at radius 2 is 1.88 bits per heavy atom. The third-order valence-electron chi connectivity index (χ3n) is 3.94. The van der Waals surface area contributed by atoms with Gasteiger partial charge in [0, 0.05) is 18.4 Å². The molecule has 0 saturated carbocycles. The Balaban J connectivity index is 1.90. The summed E-state index contributed by atoms with van der Waals surface area (Å²) in [5.41, 5.74) is 2.36. The molecule has 0 aliphatic rings. The van der Waals surface area contributed by atoms with Gasteiger partial charge in [-0.2, -0.15) is 5.26 Å². The molecule has 2 aromatic carbocycles. The SMILES string of the molecule is CC(C)c1ccc(NC(=O)/C(C#N)=C\NCCc2ccccc2F)cc1. The number of benzene rings is 2. The van der Waals surface area contributed by atoms with Crippen molar-refractivity contribution >= 4 is 11.6 Å². The monoisotopic (exact) mass is 351 g/mol. The number of nitriles is 1. The molecule has 1 amide bonds. The maximum atomic E-state index is 13.5. The van der Waals surface area contributed by atoms with Gasteiger partial charge in [0.15, 0.2) is 0 Å². The summed E-state index contributed by atoms with van der Waals surface area (Å²) in [6.45, 7) is 4.61. The lowest BCUT2D eigenvalue weighted by Crippen LogP contribution is -2.18. The van der Waals surface area contributed by atoms with Crippen LogP contribution in [0, 0.1) is 17.1 Å². The highest BCUT2D eigenvalue weighted by atomic mass is 19.1. The molecule has 0 fully saturated rings. The predicted molar refractivity (Wildman–Crippen MR) is 101 cm³/mol. The number of rotatable bonds is 7. The molecule has 0 aliphatic carbocycles. The summed E-state index contributed by atoms with van der Waals surface area (Å²) in [6.07, 6.45) is 1.82. The van der Waals surface area contributed by atoms with Crippen LogP contribution in [-0.4, -0.2) is 12.5 Å². The fourth-order valence-electron chi connectivity index (χ4n) is 2.38. The van der Waals surface area contributed by atoms with Crippen LogP contribution < -0.4 is 10.6 Å². The van der Waals surface area contributed by atoms with E-state index in [0.29, 0.717) is 30.1 Å². The van der Waals surface area contributed by atoms with Crippen molar-refractivity contribution < 1.29 is 9.18 Å². The second-order valence-corrected chi connectivity index (χ2v) is 6.20. The third kappa shape index (κ3) is 5.45. The van der Waals surface area contributed by atoms with Gasteiger partial charge in [0.05, 0.1) is 0 Å². The Labute approximate surface area is 153 Å². The first-order valence-corrected chi connectivity index (χ1v) is 8.49. The summed E-state index contributed by atoms with van der Waals surface area (Å²) in [4.78, 5) is 12.2. The molecule has 0 atom stereocenters. The van der Waals surface area contributed by atoms with E-state index in [1.54, 1.807) is 18.2 Å². The van der Waals surface area contributed by atoms with E-state index in [1.807, 2.05) is 30.3 Å². The molecule has 0 aromatic heterocycles. The van der Waals surface area contributed by atoms with Crippen molar-refractivity contribution in [3.05, 3.63) is 77.2 Å². The molecule has 0 unspecified atom stereocenters. The standard InChI is InChI=1S/C21H22FN3O/c1-15(2)16-7-9-19(10-8-16)25-21(26)18(13-23)14-24-12-11-17-5-3-4-6-20(17)22/h3-10,14-15,24H,11-12H2,1-2H3,(H,25,26)/b18-14-. The Bertz CT molecular complexity index is 820. The lowest BCUT2D eigenvalue weighted by atomic mass is 10.0. The van der Waals surface area contributed by atoms with Crippen molar-refractivity contribution in [1.82, 2.24) is 5.32 Å². The topological polar surface area (TPSA) is 64.9 Å². The van der Waals surface area contributed by atoms with E-state index in [9.17, 15) is 14.4 Å². The summed E-state index contributed by atoms with van der Waals surface area (Å²) in [6, 6.07) is 15.9. The van der Waals surface area contributed by atoms with Gasteiger partial charge < -0.3 is 10.6 Å². The van der Waals surface area contributed by atoms with E-state index in [4.69, 9.17) is 0 Å². The first-order valence-electron chi connectivity index (χ1n) is 8.49. The van der Waals surface area contributed by atoms with Crippen LogP contribution in [0.25, 0.3) is 0 Å².